The van der Waals surface area contributed by atoms with Crippen LogP contribution < -0.4 is 5.32 Å². The zero-order chi connectivity index (χ0) is 16.8. The molecule has 0 aliphatic rings. The van der Waals surface area contributed by atoms with Gasteiger partial charge < -0.3 is 14.6 Å². The van der Waals surface area contributed by atoms with Gasteiger partial charge in [-0.15, -0.1) is 0 Å². The highest BCUT2D eigenvalue weighted by Gasteiger charge is 2.20. The van der Waals surface area contributed by atoms with E-state index in [-0.39, 0.29) is 29.6 Å². The number of amides is 2. The first-order valence-electron chi connectivity index (χ1n) is 7.33. The zero-order valence-electron chi connectivity index (χ0n) is 13.0. The van der Waals surface area contributed by atoms with Gasteiger partial charge in [0, 0.05) is 13.1 Å². The van der Waals surface area contributed by atoms with Crippen LogP contribution in [0.2, 0.25) is 0 Å². The maximum atomic E-state index is 13.7. The summed E-state index contributed by atoms with van der Waals surface area (Å²) in [4.78, 5) is 29.5. The number of hydrogen-bond donors (Lipinski definition) is 1. The second-order valence-electron chi connectivity index (χ2n) is 4.79. The largest absolute Gasteiger partial charge is 0.446 e. The molecule has 1 heterocycles. The average Bonchev–Trinajstić information content (AvgIpc) is 3.01. The van der Waals surface area contributed by atoms with Crippen molar-refractivity contribution in [2.45, 2.75) is 20.4 Å². The molecular formula is C16H18FN3O3. The van der Waals surface area contributed by atoms with Gasteiger partial charge in [0.05, 0.1) is 12.1 Å². The quantitative estimate of drug-likeness (QED) is 0.886. The molecule has 23 heavy (non-hydrogen) atoms. The fourth-order valence-corrected chi connectivity index (χ4v) is 2.03. The van der Waals surface area contributed by atoms with Crippen LogP contribution in [0.4, 0.5) is 4.39 Å². The Balaban J connectivity index is 2.12. The van der Waals surface area contributed by atoms with Gasteiger partial charge in [0.2, 0.25) is 5.89 Å². The predicted molar refractivity (Wildman–Crippen MR) is 81.3 cm³/mol. The molecule has 2 rings (SSSR count). The van der Waals surface area contributed by atoms with Gasteiger partial charge >= 0.3 is 0 Å². The van der Waals surface area contributed by atoms with Crippen molar-refractivity contribution in [3.05, 3.63) is 53.5 Å². The molecule has 0 aliphatic carbocycles. The fourth-order valence-electron chi connectivity index (χ4n) is 2.03. The Kier molecular flexibility index (Phi) is 5.46. The third-order valence-corrected chi connectivity index (χ3v) is 3.22. The summed E-state index contributed by atoms with van der Waals surface area (Å²) in [6.45, 7) is 4.46. The molecule has 2 amide bonds. The summed E-state index contributed by atoms with van der Waals surface area (Å²) in [5.41, 5.74) is 0.140. The van der Waals surface area contributed by atoms with Gasteiger partial charge in [-0.1, -0.05) is 12.1 Å². The normalized spacial score (nSPS) is 10.4. The van der Waals surface area contributed by atoms with Crippen LogP contribution in [0.25, 0.3) is 0 Å². The average molecular weight is 319 g/mol. The molecule has 0 fully saturated rings. The smallest absolute Gasteiger partial charge is 0.273 e. The van der Waals surface area contributed by atoms with Crippen molar-refractivity contribution < 1.29 is 18.4 Å². The molecule has 1 aromatic carbocycles. The van der Waals surface area contributed by atoms with Crippen molar-refractivity contribution in [3.8, 4) is 0 Å². The molecule has 1 N–H and O–H groups in total. The molecular weight excluding hydrogens is 301 g/mol. The van der Waals surface area contributed by atoms with Crippen molar-refractivity contribution in [3.63, 3.8) is 0 Å². The Labute approximate surface area is 133 Å². The number of oxazole rings is 1. The van der Waals surface area contributed by atoms with Gasteiger partial charge in [-0.25, -0.2) is 9.37 Å². The molecule has 0 atom stereocenters. The number of carbonyl (C=O) groups excluding carboxylic acids is 2. The van der Waals surface area contributed by atoms with Crippen molar-refractivity contribution in [1.29, 1.82) is 0 Å². The molecule has 0 bridgehead atoms. The van der Waals surface area contributed by atoms with Crippen molar-refractivity contribution in [2.75, 3.05) is 13.1 Å². The summed E-state index contributed by atoms with van der Waals surface area (Å²) >= 11 is 0. The van der Waals surface area contributed by atoms with Crippen molar-refractivity contribution in [1.82, 2.24) is 15.2 Å². The van der Waals surface area contributed by atoms with E-state index in [1.807, 2.05) is 0 Å². The molecule has 7 heteroatoms. The third kappa shape index (κ3) is 3.94. The van der Waals surface area contributed by atoms with E-state index < -0.39 is 11.7 Å². The summed E-state index contributed by atoms with van der Waals surface area (Å²) in [7, 11) is 0. The Morgan fingerprint density at radius 2 is 2.04 bits per heavy atom. The molecule has 0 radical (unpaired) electrons. The number of benzene rings is 1. The number of aromatic nitrogens is 1. The van der Waals surface area contributed by atoms with Crippen LogP contribution in [-0.2, 0) is 6.54 Å². The highest BCUT2D eigenvalue weighted by atomic mass is 19.1. The lowest BCUT2D eigenvalue weighted by Crippen LogP contribution is -2.31. The maximum Gasteiger partial charge on any atom is 0.273 e. The van der Waals surface area contributed by atoms with Crippen molar-refractivity contribution >= 4 is 11.8 Å². The van der Waals surface area contributed by atoms with E-state index in [1.165, 1.54) is 29.4 Å². The Morgan fingerprint density at radius 3 is 2.70 bits per heavy atom. The van der Waals surface area contributed by atoms with E-state index in [9.17, 15) is 14.0 Å². The molecule has 0 saturated carbocycles. The molecule has 1 aromatic heterocycles. The van der Waals surface area contributed by atoms with E-state index >= 15 is 0 Å². The predicted octanol–water partition coefficient (Wildman–Crippen LogP) is 2.23. The summed E-state index contributed by atoms with van der Waals surface area (Å²) in [6.07, 6.45) is 1.24. The minimum atomic E-state index is -0.577. The van der Waals surface area contributed by atoms with Crippen LogP contribution in [0.1, 0.15) is 40.6 Å². The molecule has 122 valence electrons. The number of rotatable bonds is 6. The highest BCUT2D eigenvalue weighted by molar-refractivity contribution is 5.94. The Bertz CT molecular complexity index is 699. The number of hydrogen-bond acceptors (Lipinski definition) is 4. The van der Waals surface area contributed by atoms with E-state index in [4.69, 9.17) is 4.42 Å². The van der Waals surface area contributed by atoms with E-state index in [0.717, 1.165) is 0 Å². The second kappa shape index (κ2) is 7.53. The van der Waals surface area contributed by atoms with Gasteiger partial charge in [0.15, 0.2) is 5.69 Å². The standard InChI is InChI=1S/C16H18FN3O3/c1-3-18-15(21)13-10-23-14(19-13)9-20(4-2)16(22)11-7-5-6-8-12(11)17/h5-8,10H,3-4,9H2,1-2H3,(H,18,21). The van der Waals surface area contributed by atoms with Gasteiger partial charge in [-0.05, 0) is 26.0 Å². The molecule has 2 aromatic rings. The third-order valence-electron chi connectivity index (χ3n) is 3.22. The topological polar surface area (TPSA) is 75.4 Å². The molecule has 0 spiro atoms. The minimum absolute atomic E-state index is 0.00939. The lowest BCUT2D eigenvalue weighted by Gasteiger charge is -2.19. The van der Waals surface area contributed by atoms with E-state index in [0.29, 0.717) is 13.1 Å². The van der Waals surface area contributed by atoms with E-state index in [1.54, 1.807) is 19.9 Å². The second-order valence-corrected chi connectivity index (χ2v) is 4.79. The van der Waals surface area contributed by atoms with Crippen LogP contribution in [-0.4, -0.2) is 34.8 Å². The van der Waals surface area contributed by atoms with E-state index in [2.05, 4.69) is 10.3 Å². The monoisotopic (exact) mass is 319 g/mol. The number of nitrogens with one attached hydrogen (secondary N) is 1. The molecule has 0 aliphatic heterocycles. The van der Waals surface area contributed by atoms with Crippen molar-refractivity contribution in [2.24, 2.45) is 0 Å². The Hall–Kier alpha value is -2.70. The van der Waals surface area contributed by atoms with Crippen LogP contribution in [0.3, 0.4) is 0 Å². The minimum Gasteiger partial charge on any atom is -0.446 e. The van der Waals surface area contributed by atoms with Crippen LogP contribution in [0.5, 0.6) is 0 Å². The van der Waals surface area contributed by atoms with Crippen LogP contribution in [0, 0.1) is 5.82 Å². The molecule has 6 nitrogen and oxygen atoms in total. The van der Waals surface area contributed by atoms with Crippen LogP contribution in [0.15, 0.2) is 34.9 Å². The molecule has 0 unspecified atom stereocenters. The lowest BCUT2D eigenvalue weighted by molar-refractivity contribution is 0.0733. The zero-order valence-corrected chi connectivity index (χ0v) is 13.0. The van der Waals surface area contributed by atoms with Gasteiger partial charge in [-0.3, -0.25) is 9.59 Å². The summed E-state index contributed by atoms with van der Waals surface area (Å²) in [5, 5.41) is 2.61. The first-order chi connectivity index (χ1) is 11.1. The first kappa shape index (κ1) is 16.7. The fraction of sp³-hybridized carbons (Fsp3) is 0.312. The number of halogens is 1. The van der Waals surface area contributed by atoms with Gasteiger partial charge in [0.1, 0.15) is 12.1 Å². The Morgan fingerprint density at radius 1 is 1.30 bits per heavy atom. The highest BCUT2D eigenvalue weighted by Crippen LogP contribution is 2.13. The maximum absolute atomic E-state index is 13.7. The van der Waals surface area contributed by atoms with Crippen LogP contribution >= 0.6 is 0 Å². The van der Waals surface area contributed by atoms with Gasteiger partial charge in [0.25, 0.3) is 11.8 Å². The summed E-state index contributed by atoms with van der Waals surface area (Å²) in [6, 6.07) is 5.78. The number of carbonyl (C=O) groups is 2. The molecule has 0 saturated heterocycles. The first-order valence-corrected chi connectivity index (χ1v) is 7.33. The number of nitrogens with zero attached hydrogens (tertiary/aromatic N) is 2. The summed E-state index contributed by atoms with van der Waals surface area (Å²) < 4.78 is 19.0. The summed E-state index contributed by atoms with van der Waals surface area (Å²) in [5.74, 6) is -1.15. The SMILES string of the molecule is CCNC(=O)c1coc(CN(CC)C(=O)c2ccccc2F)n1. The van der Waals surface area contributed by atoms with Gasteiger partial charge in [-0.2, -0.15) is 0 Å². The lowest BCUT2D eigenvalue weighted by atomic mass is 10.2.